The molecule has 0 radical (unpaired) electrons. The molecule has 1 aromatic rings. The van der Waals surface area contributed by atoms with Crippen LogP contribution in [0.15, 0.2) is 24.3 Å². The van der Waals surface area contributed by atoms with Crippen LogP contribution in [0.2, 0.25) is 0 Å². The summed E-state index contributed by atoms with van der Waals surface area (Å²) in [4.78, 5) is 2.52. The van der Waals surface area contributed by atoms with E-state index in [9.17, 15) is 0 Å². The molecule has 0 aliphatic carbocycles. The van der Waals surface area contributed by atoms with Gasteiger partial charge < -0.3 is 9.64 Å². The Morgan fingerprint density at radius 2 is 1.55 bits per heavy atom. The molecule has 0 spiro atoms. The molecule has 2 heteroatoms. The van der Waals surface area contributed by atoms with Gasteiger partial charge in [-0.15, -0.1) is 0 Å². The Balaban J connectivity index is 2.65. The lowest BCUT2D eigenvalue weighted by Crippen LogP contribution is -2.25. The highest BCUT2D eigenvalue weighted by Crippen LogP contribution is 2.22. The zero-order valence-corrected chi connectivity index (χ0v) is 13.5. The van der Waals surface area contributed by atoms with Crippen LogP contribution in [0.3, 0.4) is 0 Å². The van der Waals surface area contributed by atoms with Gasteiger partial charge in [0.1, 0.15) is 5.75 Å². The molecule has 0 saturated heterocycles. The van der Waals surface area contributed by atoms with Gasteiger partial charge in [0.25, 0.3) is 0 Å². The molecule has 2 nitrogen and oxygen atoms in total. The maximum Gasteiger partial charge on any atom is 0.121 e. The molecule has 20 heavy (non-hydrogen) atoms. The van der Waals surface area contributed by atoms with E-state index in [-0.39, 0.29) is 0 Å². The SMILES string of the molecule is CCCCCN(CCCCC)c1cccc(OCC)c1. The van der Waals surface area contributed by atoms with Gasteiger partial charge >= 0.3 is 0 Å². The largest absolute Gasteiger partial charge is 0.494 e. The highest BCUT2D eigenvalue weighted by atomic mass is 16.5. The second-order valence-electron chi connectivity index (χ2n) is 5.33. The zero-order chi connectivity index (χ0) is 14.6. The topological polar surface area (TPSA) is 12.5 Å². The van der Waals surface area contributed by atoms with Crippen LogP contribution in [-0.2, 0) is 0 Å². The van der Waals surface area contributed by atoms with Crippen molar-refractivity contribution in [1.29, 1.82) is 0 Å². The van der Waals surface area contributed by atoms with E-state index in [1.807, 2.05) is 13.0 Å². The number of rotatable bonds is 11. The molecule has 0 bridgehead atoms. The highest BCUT2D eigenvalue weighted by Gasteiger charge is 2.07. The summed E-state index contributed by atoms with van der Waals surface area (Å²) in [6, 6.07) is 8.54. The van der Waals surface area contributed by atoms with E-state index < -0.39 is 0 Å². The first-order valence-electron chi connectivity index (χ1n) is 8.29. The monoisotopic (exact) mass is 277 g/mol. The van der Waals surface area contributed by atoms with Gasteiger partial charge in [0.2, 0.25) is 0 Å². The Labute approximate surface area is 125 Å². The van der Waals surface area contributed by atoms with E-state index in [0.717, 1.165) is 25.4 Å². The number of nitrogens with zero attached hydrogens (tertiary/aromatic N) is 1. The standard InChI is InChI=1S/C18H31NO/c1-4-7-9-14-19(15-10-8-5-2)17-12-11-13-18(16-17)20-6-3/h11-13,16H,4-10,14-15H2,1-3H3. The van der Waals surface area contributed by atoms with Crippen molar-refractivity contribution in [3.05, 3.63) is 24.3 Å². The van der Waals surface area contributed by atoms with E-state index in [1.54, 1.807) is 0 Å². The van der Waals surface area contributed by atoms with Crippen LogP contribution in [0.4, 0.5) is 5.69 Å². The normalized spacial score (nSPS) is 10.6. The fourth-order valence-electron chi connectivity index (χ4n) is 2.41. The van der Waals surface area contributed by atoms with Gasteiger partial charge in [0.15, 0.2) is 0 Å². The minimum atomic E-state index is 0.731. The molecule has 0 unspecified atom stereocenters. The fraction of sp³-hybridized carbons (Fsp3) is 0.667. The molecular weight excluding hydrogens is 246 g/mol. The third-order valence-corrected chi connectivity index (χ3v) is 3.56. The number of ether oxygens (including phenoxy) is 1. The van der Waals surface area contributed by atoms with Crippen LogP contribution in [-0.4, -0.2) is 19.7 Å². The molecule has 0 aromatic heterocycles. The minimum absolute atomic E-state index is 0.731. The van der Waals surface area contributed by atoms with E-state index in [1.165, 1.54) is 44.2 Å². The fourth-order valence-corrected chi connectivity index (χ4v) is 2.41. The van der Waals surface area contributed by atoms with Crippen molar-refractivity contribution in [3.63, 3.8) is 0 Å². The molecule has 0 amide bonds. The summed E-state index contributed by atoms with van der Waals surface area (Å²) in [7, 11) is 0. The van der Waals surface area contributed by atoms with Gasteiger partial charge in [0.05, 0.1) is 6.61 Å². The molecule has 1 aromatic carbocycles. The van der Waals surface area contributed by atoms with Crippen LogP contribution >= 0.6 is 0 Å². The first-order valence-corrected chi connectivity index (χ1v) is 8.29. The predicted octanol–water partition coefficient (Wildman–Crippen LogP) is 5.27. The van der Waals surface area contributed by atoms with Gasteiger partial charge in [-0.2, -0.15) is 0 Å². The summed E-state index contributed by atoms with van der Waals surface area (Å²) in [5, 5.41) is 0. The van der Waals surface area contributed by atoms with Gasteiger partial charge in [-0.25, -0.2) is 0 Å². The summed E-state index contributed by atoms with van der Waals surface area (Å²) in [5.74, 6) is 0.987. The Hall–Kier alpha value is -1.18. The second-order valence-corrected chi connectivity index (χ2v) is 5.33. The zero-order valence-electron chi connectivity index (χ0n) is 13.5. The van der Waals surface area contributed by atoms with Crippen LogP contribution in [0.5, 0.6) is 5.75 Å². The summed E-state index contributed by atoms with van der Waals surface area (Å²) in [6.07, 6.45) is 7.75. The lowest BCUT2D eigenvalue weighted by molar-refractivity contribution is 0.340. The maximum absolute atomic E-state index is 5.62. The van der Waals surface area contributed by atoms with E-state index in [2.05, 4.69) is 36.9 Å². The second kappa shape index (κ2) is 10.6. The van der Waals surface area contributed by atoms with Crippen LogP contribution in [0, 0.1) is 0 Å². The van der Waals surface area contributed by atoms with Crippen molar-refractivity contribution in [2.75, 3.05) is 24.6 Å². The maximum atomic E-state index is 5.62. The average molecular weight is 277 g/mol. The molecule has 114 valence electrons. The molecule has 0 heterocycles. The van der Waals surface area contributed by atoms with Gasteiger partial charge in [0, 0.05) is 24.8 Å². The Morgan fingerprint density at radius 1 is 0.900 bits per heavy atom. The smallest absolute Gasteiger partial charge is 0.121 e. The van der Waals surface area contributed by atoms with E-state index in [0.29, 0.717) is 0 Å². The molecule has 0 atom stereocenters. The average Bonchev–Trinajstić information content (AvgIpc) is 2.47. The van der Waals surface area contributed by atoms with Crippen molar-refractivity contribution < 1.29 is 4.74 Å². The van der Waals surface area contributed by atoms with E-state index >= 15 is 0 Å². The lowest BCUT2D eigenvalue weighted by atomic mass is 10.2. The van der Waals surface area contributed by atoms with Gasteiger partial charge in [-0.05, 0) is 31.9 Å². The first kappa shape index (κ1) is 16.9. The van der Waals surface area contributed by atoms with Crippen molar-refractivity contribution >= 4 is 5.69 Å². The number of hydrogen-bond donors (Lipinski definition) is 0. The predicted molar refractivity (Wildman–Crippen MR) is 88.9 cm³/mol. The van der Waals surface area contributed by atoms with E-state index in [4.69, 9.17) is 4.74 Å². The number of benzene rings is 1. The molecule has 0 N–H and O–H groups in total. The number of unbranched alkanes of at least 4 members (excludes halogenated alkanes) is 4. The van der Waals surface area contributed by atoms with Crippen molar-refractivity contribution in [3.8, 4) is 5.75 Å². The molecule has 0 aliphatic rings. The third-order valence-electron chi connectivity index (χ3n) is 3.56. The molecule has 0 fully saturated rings. The molecule has 0 aliphatic heterocycles. The Bertz CT molecular complexity index is 341. The summed E-state index contributed by atoms with van der Waals surface area (Å²) in [6.45, 7) is 9.61. The van der Waals surface area contributed by atoms with Crippen molar-refractivity contribution in [2.24, 2.45) is 0 Å². The summed E-state index contributed by atoms with van der Waals surface area (Å²) >= 11 is 0. The van der Waals surface area contributed by atoms with Crippen LogP contribution in [0.25, 0.3) is 0 Å². The molecular formula is C18H31NO. The van der Waals surface area contributed by atoms with Crippen LogP contribution in [0.1, 0.15) is 59.3 Å². The van der Waals surface area contributed by atoms with Crippen molar-refractivity contribution in [2.45, 2.75) is 59.3 Å². The minimum Gasteiger partial charge on any atom is -0.494 e. The quantitative estimate of drug-likeness (QED) is 0.511. The number of hydrogen-bond acceptors (Lipinski definition) is 2. The third kappa shape index (κ3) is 6.31. The Kier molecular flexibility index (Phi) is 8.93. The number of anilines is 1. The molecule has 1 rings (SSSR count). The summed E-state index contributed by atoms with van der Waals surface area (Å²) in [5.41, 5.74) is 1.31. The van der Waals surface area contributed by atoms with Gasteiger partial charge in [-0.1, -0.05) is 45.6 Å². The Morgan fingerprint density at radius 3 is 2.10 bits per heavy atom. The van der Waals surface area contributed by atoms with Crippen LogP contribution < -0.4 is 9.64 Å². The summed E-state index contributed by atoms with van der Waals surface area (Å²) < 4.78 is 5.62. The van der Waals surface area contributed by atoms with Gasteiger partial charge in [-0.3, -0.25) is 0 Å². The first-order chi connectivity index (χ1) is 9.81. The molecule has 0 saturated carbocycles. The highest BCUT2D eigenvalue weighted by molar-refractivity contribution is 5.50. The van der Waals surface area contributed by atoms with Crippen molar-refractivity contribution in [1.82, 2.24) is 0 Å². The lowest BCUT2D eigenvalue weighted by Gasteiger charge is -2.25.